The largest absolute Gasteiger partial charge is 0.426 e. The zero-order valence-corrected chi connectivity index (χ0v) is 10.7. The van der Waals surface area contributed by atoms with Gasteiger partial charge in [-0.3, -0.25) is 9.50 Å². The molecule has 0 saturated carbocycles. The van der Waals surface area contributed by atoms with Crippen molar-refractivity contribution in [1.29, 1.82) is 0 Å². The maximum atomic E-state index is 11.5. The second-order valence-corrected chi connectivity index (χ2v) is 4.53. The molecule has 17 heavy (non-hydrogen) atoms. The molecule has 4 N–H and O–H groups in total. The van der Waals surface area contributed by atoms with Crippen LogP contribution in [0, 0.1) is 5.41 Å². The first-order chi connectivity index (χ1) is 6.39. The number of hydrogen-bond acceptors (Lipinski definition) is 2. The third-order valence-electron chi connectivity index (χ3n) is 1.64. The molecule has 0 spiro atoms. The van der Waals surface area contributed by atoms with Gasteiger partial charge in [-0.15, -0.1) is 0 Å². The Morgan fingerprint density at radius 2 is 1.53 bits per heavy atom. The summed E-state index contributed by atoms with van der Waals surface area (Å²) >= 11 is 5.70. The van der Waals surface area contributed by atoms with Crippen LogP contribution in [-0.2, 0) is 4.79 Å². The molecule has 6 heteroatoms. The van der Waals surface area contributed by atoms with Crippen LogP contribution in [0.2, 0.25) is 5.02 Å². The van der Waals surface area contributed by atoms with Gasteiger partial charge in [0, 0.05) is 5.02 Å². The summed E-state index contributed by atoms with van der Waals surface area (Å²) in [6.45, 7) is 5.43. The molecule has 0 atom stereocenters. The third kappa shape index (κ3) is 6.88. The van der Waals surface area contributed by atoms with Gasteiger partial charge in [0.25, 0.3) is 0 Å². The summed E-state index contributed by atoms with van der Waals surface area (Å²) in [5.74, 6) is 0.272. The Morgan fingerprint density at radius 3 is 1.88 bits per heavy atom. The molecule has 0 amide bonds. The maximum absolute atomic E-state index is 11.5. The Kier molecular flexibility index (Phi) is 9.95. The van der Waals surface area contributed by atoms with E-state index < -0.39 is 5.41 Å². The van der Waals surface area contributed by atoms with Gasteiger partial charge in [-0.25, -0.2) is 0 Å². The average molecular weight is 269 g/mol. The standard InChI is InChI=1S/C11H13ClO2.FH.2H2O/c1-11(2,3)10(13)14-9-6-4-8(12)5-7-9;;;/h4-7H,1-3H3;1H;2*1H2. The number of rotatable bonds is 1. The number of carbonyl (C=O) groups is 1. The van der Waals surface area contributed by atoms with Crippen LogP contribution in [0.15, 0.2) is 24.3 Å². The van der Waals surface area contributed by atoms with Gasteiger partial charge in [0.05, 0.1) is 5.41 Å². The Hall–Kier alpha value is -1.17. The van der Waals surface area contributed by atoms with Gasteiger partial charge in [0.1, 0.15) is 5.75 Å². The minimum absolute atomic E-state index is 0. The lowest BCUT2D eigenvalue weighted by molar-refractivity contribution is -0.142. The summed E-state index contributed by atoms with van der Waals surface area (Å²) in [5.41, 5.74) is -0.486. The molecule has 0 fully saturated rings. The van der Waals surface area contributed by atoms with Gasteiger partial charge in [-0.2, -0.15) is 0 Å². The number of halogens is 2. The van der Waals surface area contributed by atoms with Crippen LogP contribution in [0.1, 0.15) is 20.8 Å². The van der Waals surface area contributed by atoms with Crippen LogP contribution in [-0.4, -0.2) is 16.9 Å². The van der Waals surface area contributed by atoms with Crippen LogP contribution >= 0.6 is 11.6 Å². The Morgan fingerprint density at radius 1 is 1.12 bits per heavy atom. The third-order valence-corrected chi connectivity index (χ3v) is 1.89. The molecule has 100 valence electrons. The predicted octanol–water partition coefficient (Wildman–Crippen LogP) is 1.79. The molecule has 0 aromatic heterocycles. The SMILES string of the molecule is CC(C)(C)C(=O)Oc1ccc(Cl)cc1.F.O.O. The molecule has 0 unspecified atom stereocenters. The fourth-order valence-corrected chi connectivity index (χ4v) is 0.889. The van der Waals surface area contributed by atoms with E-state index in [0.29, 0.717) is 10.8 Å². The van der Waals surface area contributed by atoms with E-state index in [1.807, 2.05) is 20.8 Å². The van der Waals surface area contributed by atoms with Crippen LogP contribution < -0.4 is 4.74 Å². The van der Waals surface area contributed by atoms with Gasteiger partial charge in [0.2, 0.25) is 0 Å². The first-order valence-corrected chi connectivity index (χ1v) is 4.75. The van der Waals surface area contributed by atoms with Crippen LogP contribution in [0.3, 0.4) is 0 Å². The van der Waals surface area contributed by atoms with Crippen molar-refractivity contribution in [3.63, 3.8) is 0 Å². The maximum Gasteiger partial charge on any atom is 0.316 e. The first-order valence-electron chi connectivity index (χ1n) is 4.37. The summed E-state index contributed by atoms with van der Waals surface area (Å²) < 4.78 is 5.14. The van der Waals surface area contributed by atoms with Gasteiger partial charge in [0.15, 0.2) is 0 Å². The highest BCUT2D eigenvalue weighted by atomic mass is 35.5. The first kappa shape index (κ1) is 21.1. The molecule has 0 bridgehead atoms. The molecule has 0 heterocycles. The average Bonchev–Trinajstić information content (AvgIpc) is 2.07. The van der Waals surface area contributed by atoms with E-state index in [0.717, 1.165) is 0 Å². The molecule has 1 rings (SSSR count). The van der Waals surface area contributed by atoms with Gasteiger partial charge < -0.3 is 15.7 Å². The van der Waals surface area contributed by atoms with E-state index in [-0.39, 0.29) is 21.6 Å². The van der Waals surface area contributed by atoms with Crippen LogP contribution in [0.25, 0.3) is 0 Å². The number of carbonyl (C=O) groups excluding carboxylic acids is 1. The minimum Gasteiger partial charge on any atom is -0.426 e. The van der Waals surface area contributed by atoms with Crippen molar-refractivity contribution in [2.24, 2.45) is 5.41 Å². The second kappa shape index (κ2) is 8.00. The molecule has 0 aliphatic rings. The molecular weight excluding hydrogens is 251 g/mol. The van der Waals surface area contributed by atoms with E-state index >= 15 is 0 Å². The van der Waals surface area contributed by atoms with Gasteiger partial charge >= 0.3 is 5.97 Å². The topological polar surface area (TPSA) is 89.3 Å². The predicted molar refractivity (Wildman–Crippen MR) is 66.3 cm³/mol. The molecule has 0 radical (unpaired) electrons. The Balaban J connectivity index is -0.000000653. The Bertz CT molecular complexity index is 332. The van der Waals surface area contributed by atoms with Crippen molar-refractivity contribution in [3.8, 4) is 5.75 Å². The zero-order chi connectivity index (χ0) is 10.8. The fourth-order valence-electron chi connectivity index (χ4n) is 0.763. The Labute approximate surface area is 105 Å². The van der Waals surface area contributed by atoms with E-state index in [9.17, 15) is 4.79 Å². The quantitative estimate of drug-likeness (QED) is 0.574. The summed E-state index contributed by atoms with van der Waals surface area (Å²) in [6.07, 6.45) is 0. The highest BCUT2D eigenvalue weighted by molar-refractivity contribution is 6.30. The van der Waals surface area contributed by atoms with Crippen molar-refractivity contribution < 1.29 is 25.2 Å². The zero-order valence-electron chi connectivity index (χ0n) is 9.91. The molecule has 1 aromatic carbocycles. The van der Waals surface area contributed by atoms with Crippen molar-refractivity contribution in [3.05, 3.63) is 29.3 Å². The highest BCUT2D eigenvalue weighted by Gasteiger charge is 2.23. The second-order valence-electron chi connectivity index (χ2n) is 4.09. The van der Waals surface area contributed by atoms with Crippen LogP contribution in [0.5, 0.6) is 5.75 Å². The number of ether oxygens (including phenoxy) is 1. The summed E-state index contributed by atoms with van der Waals surface area (Å²) in [4.78, 5) is 11.5. The van der Waals surface area contributed by atoms with E-state index in [4.69, 9.17) is 16.3 Å². The van der Waals surface area contributed by atoms with E-state index in [1.165, 1.54) is 0 Å². The van der Waals surface area contributed by atoms with Crippen molar-refractivity contribution in [2.45, 2.75) is 20.8 Å². The number of esters is 1. The molecule has 0 aliphatic heterocycles. The minimum atomic E-state index is -0.486. The lowest BCUT2D eigenvalue weighted by atomic mass is 9.97. The molecule has 1 aromatic rings. The number of hydrogen-bond donors (Lipinski definition) is 0. The fraction of sp³-hybridized carbons (Fsp3) is 0.364. The van der Waals surface area contributed by atoms with Gasteiger partial charge in [-0.05, 0) is 45.0 Å². The van der Waals surface area contributed by atoms with E-state index in [1.54, 1.807) is 24.3 Å². The van der Waals surface area contributed by atoms with Gasteiger partial charge in [-0.1, -0.05) is 11.6 Å². The summed E-state index contributed by atoms with van der Waals surface area (Å²) in [5, 5.41) is 0.626. The lowest BCUT2D eigenvalue weighted by Gasteiger charge is -2.16. The van der Waals surface area contributed by atoms with Crippen LogP contribution in [0.4, 0.5) is 4.70 Å². The monoisotopic (exact) mass is 268 g/mol. The summed E-state index contributed by atoms with van der Waals surface area (Å²) in [6, 6.07) is 6.72. The lowest BCUT2D eigenvalue weighted by Crippen LogP contribution is -2.25. The van der Waals surface area contributed by atoms with Crippen molar-refractivity contribution in [2.75, 3.05) is 0 Å². The van der Waals surface area contributed by atoms with Crippen molar-refractivity contribution in [1.82, 2.24) is 0 Å². The number of benzene rings is 1. The smallest absolute Gasteiger partial charge is 0.316 e. The normalized spacial score (nSPS) is 9.18. The van der Waals surface area contributed by atoms with Crippen molar-refractivity contribution >= 4 is 17.6 Å². The molecular formula is C11H18ClFO4. The van der Waals surface area contributed by atoms with E-state index in [2.05, 4.69) is 0 Å². The molecule has 0 saturated heterocycles. The molecule has 4 nitrogen and oxygen atoms in total. The summed E-state index contributed by atoms with van der Waals surface area (Å²) in [7, 11) is 0. The highest BCUT2D eigenvalue weighted by Crippen LogP contribution is 2.20. The molecule has 0 aliphatic carbocycles.